The molecule has 1 aliphatic rings. The van der Waals surface area contributed by atoms with E-state index in [2.05, 4.69) is 16.0 Å². The van der Waals surface area contributed by atoms with Crippen LogP contribution in [0.2, 0.25) is 0 Å². The number of nitrogens with one attached hydrogen (secondary N) is 3. The second-order valence-corrected chi connectivity index (χ2v) is 6.06. The number of para-hydroxylation sites is 1. The van der Waals surface area contributed by atoms with Crippen LogP contribution < -0.4 is 16.0 Å². The summed E-state index contributed by atoms with van der Waals surface area (Å²) < 4.78 is 38.4. The van der Waals surface area contributed by atoms with Crippen molar-refractivity contribution in [2.24, 2.45) is 0 Å². The van der Waals surface area contributed by atoms with E-state index in [-0.39, 0.29) is 29.6 Å². The molecule has 0 aliphatic carbocycles. The summed E-state index contributed by atoms with van der Waals surface area (Å²) in [4.78, 5) is 24.4. The molecule has 1 atom stereocenters. The monoisotopic (exact) mass is 363 g/mol. The summed E-state index contributed by atoms with van der Waals surface area (Å²) >= 11 is 0. The Morgan fingerprint density at radius 3 is 2.65 bits per heavy atom. The minimum atomic E-state index is -4.49. The summed E-state index contributed by atoms with van der Waals surface area (Å²) in [6.07, 6.45) is -4.25. The maximum atomic E-state index is 12.8. The van der Waals surface area contributed by atoms with Gasteiger partial charge in [0.25, 0.3) is 5.91 Å². The van der Waals surface area contributed by atoms with Crippen molar-refractivity contribution in [3.63, 3.8) is 0 Å². The highest BCUT2D eigenvalue weighted by atomic mass is 19.4. The third-order valence-electron chi connectivity index (χ3n) is 3.91. The zero-order valence-electron chi connectivity index (χ0n) is 13.8. The van der Waals surface area contributed by atoms with Crippen LogP contribution in [0.15, 0.2) is 42.5 Å². The lowest BCUT2D eigenvalue weighted by Crippen LogP contribution is -2.20. The third-order valence-corrected chi connectivity index (χ3v) is 3.91. The van der Waals surface area contributed by atoms with E-state index in [0.29, 0.717) is 11.4 Å². The molecule has 0 saturated heterocycles. The van der Waals surface area contributed by atoms with E-state index in [1.807, 2.05) is 0 Å². The number of fused-ring (bicyclic) bond motifs is 1. The molecule has 26 heavy (non-hydrogen) atoms. The fourth-order valence-corrected chi connectivity index (χ4v) is 2.75. The van der Waals surface area contributed by atoms with Crippen molar-refractivity contribution in [3.05, 3.63) is 53.6 Å². The first-order valence-electron chi connectivity index (χ1n) is 7.92. The Labute approximate surface area is 147 Å². The van der Waals surface area contributed by atoms with E-state index in [1.165, 1.54) is 12.1 Å². The molecule has 0 saturated carbocycles. The molecule has 8 heteroatoms. The summed E-state index contributed by atoms with van der Waals surface area (Å²) in [5, 5.41) is 8.29. The number of hydrogen-bond donors (Lipinski definition) is 3. The molecule has 0 bridgehead atoms. The van der Waals surface area contributed by atoms with Crippen LogP contribution in [0, 0.1) is 0 Å². The van der Waals surface area contributed by atoms with Crippen LogP contribution in [0.3, 0.4) is 0 Å². The van der Waals surface area contributed by atoms with Crippen LogP contribution in [0.5, 0.6) is 0 Å². The Morgan fingerprint density at radius 2 is 1.92 bits per heavy atom. The number of anilines is 3. The summed E-state index contributed by atoms with van der Waals surface area (Å²) in [7, 11) is 0. The fraction of sp³-hybridized carbons (Fsp3) is 0.222. The number of benzene rings is 2. The maximum absolute atomic E-state index is 12.8. The van der Waals surface area contributed by atoms with Gasteiger partial charge in [-0.25, -0.2) is 0 Å². The van der Waals surface area contributed by atoms with Gasteiger partial charge in [-0.2, -0.15) is 13.2 Å². The van der Waals surface area contributed by atoms with Crippen LogP contribution >= 0.6 is 0 Å². The highest BCUT2D eigenvalue weighted by molar-refractivity contribution is 6.11. The second-order valence-electron chi connectivity index (χ2n) is 6.06. The van der Waals surface area contributed by atoms with Crippen molar-refractivity contribution < 1.29 is 22.8 Å². The molecule has 2 aromatic rings. The maximum Gasteiger partial charge on any atom is 0.416 e. The number of rotatable bonds is 2. The smallest absolute Gasteiger partial charge is 0.380 e. The summed E-state index contributed by atoms with van der Waals surface area (Å²) in [5.41, 5.74) is 0.315. The number of halogens is 3. The van der Waals surface area contributed by atoms with E-state index >= 15 is 0 Å². The Hall–Kier alpha value is -3.03. The van der Waals surface area contributed by atoms with Gasteiger partial charge in [-0.15, -0.1) is 0 Å². The van der Waals surface area contributed by atoms with Crippen molar-refractivity contribution in [3.8, 4) is 0 Å². The van der Waals surface area contributed by atoms with Crippen molar-refractivity contribution >= 4 is 28.9 Å². The zero-order chi connectivity index (χ0) is 18.9. The second kappa shape index (κ2) is 6.70. The standard InChI is InChI=1S/C18H16F3N3O2/c1-10-8-15(25)24-14-7-3-6-13(16(14)22-10)17(26)23-12-5-2-4-11(9-12)18(19,20)21/h2-7,9-10,22H,8H2,1H3,(H,23,26)(H,24,25). The highest BCUT2D eigenvalue weighted by Crippen LogP contribution is 2.32. The molecule has 1 heterocycles. The Balaban J connectivity index is 1.90. The molecule has 2 aromatic carbocycles. The first-order chi connectivity index (χ1) is 12.2. The predicted molar refractivity (Wildman–Crippen MR) is 92.2 cm³/mol. The minimum Gasteiger partial charge on any atom is -0.380 e. The van der Waals surface area contributed by atoms with E-state index in [9.17, 15) is 22.8 Å². The van der Waals surface area contributed by atoms with Crippen molar-refractivity contribution in [1.82, 2.24) is 0 Å². The van der Waals surface area contributed by atoms with Gasteiger partial charge in [0.2, 0.25) is 5.91 Å². The fourth-order valence-electron chi connectivity index (χ4n) is 2.75. The first-order valence-corrected chi connectivity index (χ1v) is 7.92. The van der Waals surface area contributed by atoms with Crippen molar-refractivity contribution in [2.75, 3.05) is 16.0 Å². The minimum absolute atomic E-state index is 0.0353. The molecule has 1 aliphatic heterocycles. The zero-order valence-corrected chi connectivity index (χ0v) is 13.8. The molecule has 136 valence electrons. The lowest BCUT2D eigenvalue weighted by atomic mass is 10.1. The van der Waals surface area contributed by atoms with E-state index in [1.54, 1.807) is 25.1 Å². The van der Waals surface area contributed by atoms with Crippen LogP contribution in [0.1, 0.15) is 29.3 Å². The van der Waals surface area contributed by atoms with E-state index in [0.717, 1.165) is 12.1 Å². The van der Waals surface area contributed by atoms with Gasteiger partial charge in [0.05, 0.1) is 22.5 Å². The topological polar surface area (TPSA) is 70.2 Å². The van der Waals surface area contributed by atoms with Gasteiger partial charge in [-0.3, -0.25) is 9.59 Å². The molecule has 3 rings (SSSR count). The van der Waals surface area contributed by atoms with Gasteiger partial charge in [0.15, 0.2) is 0 Å². The number of carbonyl (C=O) groups excluding carboxylic acids is 2. The normalized spacial score (nSPS) is 16.8. The van der Waals surface area contributed by atoms with Gasteiger partial charge in [0, 0.05) is 18.2 Å². The molecule has 2 amide bonds. The highest BCUT2D eigenvalue weighted by Gasteiger charge is 2.30. The van der Waals surface area contributed by atoms with Gasteiger partial charge in [-0.1, -0.05) is 12.1 Å². The van der Waals surface area contributed by atoms with E-state index in [4.69, 9.17) is 0 Å². The SMILES string of the molecule is CC1CC(=O)Nc2cccc(C(=O)Nc3cccc(C(F)(F)F)c3)c2N1. The summed E-state index contributed by atoms with van der Waals surface area (Å²) in [6, 6.07) is 9.01. The van der Waals surface area contributed by atoms with Gasteiger partial charge in [0.1, 0.15) is 0 Å². The van der Waals surface area contributed by atoms with E-state index < -0.39 is 17.6 Å². The van der Waals surface area contributed by atoms with Crippen LogP contribution in [0.25, 0.3) is 0 Å². The average molecular weight is 363 g/mol. The van der Waals surface area contributed by atoms with Gasteiger partial charge in [-0.05, 0) is 37.3 Å². The molecule has 0 spiro atoms. The molecule has 5 nitrogen and oxygen atoms in total. The first kappa shape index (κ1) is 17.8. The lowest BCUT2D eigenvalue weighted by Gasteiger charge is -2.16. The van der Waals surface area contributed by atoms with Crippen LogP contribution in [0.4, 0.5) is 30.2 Å². The van der Waals surface area contributed by atoms with Crippen LogP contribution in [-0.2, 0) is 11.0 Å². The predicted octanol–water partition coefficient (Wildman–Crippen LogP) is 4.10. The summed E-state index contributed by atoms with van der Waals surface area (Å²) in [5.74, 6) is -0.754. The average Bonchev–Trinajstić information content (AvgIpc) is 2.70. The van der Waals surface area contributed by atoms with Gasteiger partial charge >= 0.3 is 6.18 Å². The molecule has 3 N–H and O–H groups in total. The Kier molecular flexibility index (Phi) is 4.58. The number of carbonyl (C=O) groups is 2. The largest absolute Gasteiger partial charge is 0.416 e. The molecule has 0 aromatic heterocycles. The quantitative estimate of drug-likeness (QED) is 0.752. The van der Waals surface area contributed by atoms with Gasteiger partial charge < -0.3 is 16.0 Å². The molecular weight excluding hydrogens is 347 g/mol. The number of amides is 2. The molecule has 0 radical (unpaired) electrons. The third kappa shape index (κ3) is 3.79. The summed E-state index contributed by atoms with van der Waals surface area (Å²) in [6.45, 7) is 1.80. The molecular formula is C18H16F3N3O2. The number of alkyl halides is 3. The van der Waals surface area contributed by atoms with Crippen molar-refractivity contribution in [1.29, 1.82) is 0 Å². The Bertz CT molecular complexity index is 865. The van der Waals surface area contributed by atoms with Crippen LogP contribution in [-0.4, -0.2) is 17.9 Å². The number of hydrogen-bond acceptors (Lipinski definition) is 3. The molecule has 1 unspecified atom stereocenters. The van der Waals surface area contributed by atoms with Crippen molar-refractivity contribution in [2.45, 2.75) is 25.6 Å². The molecule has 0 fully saturated rings. The Morgan fingerprint density at radius 1 is 1.19 bits per heavy atom. The lowest BCUT2D eigenvalue weighted by molar-refractivity contribution is -0.137.